The van der Waals surface area contributed by atoms with Crippen LogP contribution in [0, 0.1) is 13.8 Å². The van der Waals surface area contributed by atoms with E-state index in [0.717, 1.165) is 24.3 Å². The highest BCUT2D eigenvalue weighted by atomic mass is 16.5. The second-order valence-electron chi connectivity index (χ2n) is 8.41. The molecule has 1 aromatic heterocycles. The van der Waals surface area contributed by atoms with E-state index in [0.29, 0.717) is 25.1 Å². The molecule has 3 rings (SSSR count). The van der Waals surface area contributed by atoms with E-state index in [1.54, 1.807) is 0 Å². The predicted molar refractivity (Wildman–Crippen MR) is 162 cm³/mol. The SMILES string of the molecule is C=C.C=NNC(N=C)=Nc1cc(C2CCCCC2)[nH]c1CCOCCNC.CN.Cc1cccc(C)c1. The van der Waals surface area contributed by atoms with Gasteiger partial charge < -0.3 is 20.8 Å². The standard InChI is InChI=1S/C18H30N6O.C8H10.C2H4.CH5N/c1-19-10-12-25-11-9-15-17(23-18(20-2)24-21-3)13-16(22-15)14-7-5-4-6-8-14;1-7-4-3-5-8(2)6-7;2*1-2/h13-14,19,22H,2-12H2,1H3,(H,23,24);3-6H,1-2H3;1-2H2;2H2,1H3. The van der Waals surface area contributed by atoms with E-state index in [9.17, 15) is 0 Å². The number of benzene rings is 1. The minimum absolute atomic E-state index is 0.349. The number of hydrogen-bond acceptors (Lipinski definition) is 5. The van der Waals surface area contributed by atoms with Gasteiger partial charge in [-0.25, -0.2) is 15.4 Å². The Morgan fingerprint density at radius 2 is 1.70 bits per heavy atom. The number of nitrogens with one attached hydrogen (secondary N) is 3. The summed E-state index contributed by atoms with van der Waals surface area (Å²) >= 11 is 0. The third kappa shape index (κ3) is 14.3. The monoisotopic (exact) mass is 511 g/mol. The number of guanidine groups is 1. The van der Waals surface area contributed by atoms with E-state index in [-0.39, 0.29) is 0 Å². The molecule has 1 fully saturated rings. The first kappa shape index (κ1) is 33.9. The number of ether oxygens (including phenoxy) is 1. The molecule has 2 aromatic rings. The van der Waals surface area contributed by atoms with Crippen LogP contribution in [0.3, 0.4) is 0 Å². The molecule has 206 valence electrons. The summed E-state index contributed by atoms with van der Waals surface area (Å²) < 4.78 is 5.66. The lowest BCUT2D eigenvalue weighted by Gasteiger charge is -2.20. The normalized spacial score (nSPS) is 13.1. The van der Waals surface area contributed by atoms with Gasteiger partial charge in [0, 0.05) is 31.1 Å². The van der Waals surface area contributed by atoms with E-state index < -0.39 is 0 Å². The number of aliphatic imine (C=N–C) groups is 2. The zero-order chi connectivity index (χ0) is 27.9. The number of nitrogens with zero attached hydrogens (tertiary/aromatic N) is 3. The quantitative estimate of drug-likeness (QED) is 0.118. The van der Waals surface area contributed by atoms with Crippen LogP contribution in [0.4, 0.5) is 5.69 Å². The summed E-state index contributed by atoms with van der Waals surface area (Å²) in [6.45, 7) is 19.3. The highest BCUT2D eigenvalue weighted by molar-refractivity contribution is 5.86. The number of H-pyrrole nitrogens is 1. The summed E-state index contributed by atoms with van der Waals surface area (Å²) in [5, 5.41) is 6.69. The molecule has 1 aromatic carbocycles. The van der Waals surface area contributed by atoms with Crippen LogP contribution in [0.25, 0.3) is 0 Å². The van der Waals surface area contributed by atoms with Crippen molar-refractivity contribution in [2.24, 2.45) is 20.8 Å². The van der Waals surface area contributed by atoms with Crippen LogP contribution < -0.4 is 16.5 Å². The van der Waals surface area contributed by atoms with Crippen LogP contribution in [0.1, 0.15) is 60.5 Å². The van der Waals surface area contributed by atoms with Crippen molar-refractivity contribution in [3.63, 3.8) is 0 Å². The second kappa shape index (κ2) is 22.2. The zero-order valence-corrected chi connectivity index (χ0v) is 23.5. The molecule has 0 saturated heterocycles. The van der Waals surface area contributed by atoms with Gasteiger partial charge in [-0.1, -0.05) is 54.7 Å². The molecule has 1 aliphatic rings. The van der Waals surface area contributed by atoms with E-state index >= 15 is 0 Å². The summed E-state index contributed by atoms with van der Waals surface area (Å²) in [7, 11) is 3.42. The van der Waals surface area contributed by atoms with Gasteiger partial charge in [0.25, 0.3) is 0 Å². The van der Waals surface area contributed by atoms with Crippen molar-refractivity contribution in [2.75, 3.05) is 33.9 Å². The first-order valence-corrected chi connectivity index (χ1v) is 12.9. The molecular formula is C29H49N7O. The largest absolute Gasteiger partial charge is 0.380 e. The van der Waals surface area contributed by atoms with E-state index in [1.807, 2.05) is 7.05 Å². The summed E-state index contributed by atoms with van der Waals surface area (Å²) in [5.74, 6) is 0.939. The van der Waals surface area contributed by atoms with Crippen LogP contribution in [0.5, 0.6) is 0 Å². The zero-order valence-electron chi connectivity index (χ0n) is 23.5. The summed E-state index contributed by atoms with van der Waals surface area (Å²) in [4.78, 5) is 12.0. The Labute approximate surface area is 224 Å². The van der Waals surface area contributed by atoms with Gasteiger partial charge in [-0.2, -0.15) is 5.10 Å². The van der Waals surface area contributed by atoms with E-state index in [2.05, 4.69) is 107 Å². The summed E-state index contributed by atoms with van der Waals surface area (Å²) in [6, 6.07) is 10.6. The molecule has 8 heteroatoms. The van der Waals surface area contributed by atoms with Gasteiger partial charge >= 0.3 is 0 Å². The van der Waals surface area contributed by atoms with Crippen molar-refractivity contribution < 1.29 is 4.74 Å². The van der Waals surface area contributed by atoms with Crippen LogP contribution in [0.2, 0.25) is 0 Å². The molecule has 0 aliphatic heterocycles. The Hall–Kier alpha value is -3.07. The third-order valence-electron chi connectivity index (χ3n) is 5.66. The Bertz CT molecular complexity index is 884. The van der Waals surface area contributed by atoms with Gasteiger partial charge in [0.1, 0.15) is 0 Å². The van der Waals surface area contributed by atoms with Crippen LogP contribution >= 0.6 is 0 Å². The molecule has 0 atom stereocenters. The number of hydrogen-bond donors (Lipinski definition) is 4. The number of aromatic nitrogens is 1. The molecule has 1 heterocycles. The maximum atomic E-state index is 5.66. The Kier molecular flexibility index (Phi) is 20.3. The lowest BCUT2D eigenvalue weighted by atomic mass is 9.87. The average Bonchev–Trinajstić information content (AvgIpc) is 3.34. The van der Waals surface area contributed by atoms with Crippen LogP contribution in [0.15, 0.2) is 58.6 Å². The third-order valence-corrected chi connectivity index (χ3v) is 5.66. The van der Waals surface area contributed by atoms with Gasteiger partial charge in [0.2, 0.25) is 5.96 Å². The van der Waals surface area contributed by atoms with Crippen molar-refractivity contribution in [1.29, 1.82) is 0 Å². The van der Waals surface area contributed by atoms with Gasteiger partial charge in [-0.3, -0.25) is 0 Å². The average molecular weight is 512 g/mol. The first-order chi connectivity index (χ1) is 18.1. The number of likely N-dealkylation sites (N-methyl/N-ethyl adjacent to an activating group) is 1. The lowest BCUT2D eigenvalue weighted by molar-refractivity contribution is 0.140. The molecule has 0 amide bonds. The highest BCUT2D eigenvalue weighted by Crippen LogP contribution is 2.35. The fraction of sp³-hybridized carbons (Fsp3) is 0.483. The van der Waals surface area contributed by atoms with Gasteiger partial charge in [0.05, 0.1) is 18.9 Å². The first-order valence-electron chi connectivity index (χ1n) is 12.9. The smallest absolute Gasteiger partial charge is 0.243 e. The summed E-state index contributed by atoms with van der Waals surface area (Å²) in [5.41, 5.74) is 13.0. The molecule has 0 spiro atoms. The lowest BCUT2D eigenvalue weighted by Crippen LogP contribution is -2.15. The van der Waals surface area contributed by atoms with E-state index in [1.165, 1.54) is 56.0 Å². The molecular weight excluding hydrogens is 462 g/mol. The molecule has 0 radical (unpaired) electrons. The Morgan fingerprint density at radius 3 is 2.22 bits per heavy atom. The Morgan fingerprint density at radius 1 is 1.05 bits per heavy atom. The van der Waals surface area contributed by atoms with Crippen molar-refractivity contribution >= 4 is 25.1 Å². The van der Waals surface area contributed by atoms with Gasteiger partial charge in [-0.05, 0) is 59.5 Å². The molecule has 1 aliphatic carbocycles. The predicted octanol–water partition coefficient (Wildman–Crippen LogP) is 5.41. The fourth-order valence-electron chi connectivity index (χ4n) is 3.97. The molecule has 37 heavy (non-hydrogen) atoms. The molecule has 1 saturated carbocycles. The number of aromatic amines is 1. The molecule has 8 nitrogen and oxygen atoms in total. The van der Waals surface area contributed by atoms with Gasteiger partial charge in [0.15, 0.2) is 0 Å². The molecule has 0 bridgehead atoms. The van der Waals surface area contributed by atoms with Crippen molar-refractivity contribution in [3.8, 4) is 0 Å². The van der Waals surface area contributed by atoms with Crippen molar-refractivity contribution in [3.05, 3.63) is 66.0 Å². The maximum Gasteiger partial charge on any atom is 0.243 e. The molecule has 0 unspecified atom stereocenters. The minimum Gasteiger partial charge on any atom is -0.380 e. The van der Waals surface area contributed by atoms with Crippen molar-refractivity contribution in [1.82, 2.24) is 15.7 Å². The number of aryl methyl sites for hydroxylation is 2. The number of rotatable bonds is 9. The second-order valence-corrected chi connectivity index (χ2v) is 8.41. The van der Waals surface area contributed by atoms with Crippen molar-refractivity contribution in [2.45, 2.75) is 58.3 Å². The molecule has 5 N–H and O–H groups in total. The van der Waals surface area contributed by atoms with Gasteiger partial charge in [-0.15, -0.1) is 13.2 Å². The Balaban J connectivity index is 0.000000900. The maximum absolute atomic E-state index is 5.66. The van der Waals surface area contributed by atoms with Crippen LogP contribution in [-0.4, -0.2) is 58.2 Å². The highest BCUT2D eigenvalue weighted by Gasteiger charge is 2.19. The fourth-order valence-corrected chi connectivity index (χ4v) is 3.97. The number of hydrazone groups is 1. The van der Waals surface area contributed by atoms with Crippen LogP contribution in [-0.2, 0) is 11.2 Å². The number of nitrogens with two attached hydrogens (primary N) is 1. The summed E-state index contributed by atoms with van der Waals surface area (Å²) in [6.07, 6.45) is 7.19. The minimum atomic E-state index is 0.349. The van der Waals surface area contributed by atoms with E-state index in [4.69, 9.17) is 4.74 Å². The topological polar surface area (TPSA) is 112 Å².